The van der Waals surface area contributed by atoms with Crippen molar-refractivity contribution in [1.29, 1.82) is 0 Å². The zero-order valence-electron chi connectivity index (χ0n) is 6.40. The molecule has 0 bridgehead atoms. The Labute approximate surface area is 59.0 Å². The van der Waals surface area contributed by atoms with Gasteiger partial charge in [-0.3, -0.25) is 0 Å². The lowest BCUT2D eigenvalue weighted by Gasteiger charge is -1.89. The second-order valence-corrected chi connectivity index (χ2v) is 2.23. The zero-order chi connectivity index (χ0) is 6.95. The average Bonchev–Trinajstić information content (AvgIpc) is 1.89. The molecule has 1 radical (unpaired) electrons. The lowest BCUT2D eigenvalue weighted by molar-refractivity contribution is 0.759. The van der Waals surface area contributed by atoms with Gasteiger partial charge in [0, 0.05) is 0 Å². The molecule has 0 aromatic carbocycles. The third-order valence-corrected chi connectivity index (χ3v) is 1.27. The van der Waals surface area contributed by atoms with E-state index in [4.69, 9.17) is 0 Å². The second-order valence-electron chi connectivity index (χ2n) is 2.23. The van der Waals surface area contributed by atoms with E-state index in [2.05, 4.69) is 26.0 Å². The van der Waals surface area contributed by atoms with Crippen molar-refractivity contribution in [3.05, 3.63) is 19.1 Å². The van der Waals surface area contributed by atoms with Crippen molar-refractivity contribution < 1.29 is 0 Å². The molecule has 0 aliphatic rings. The van der Waals surface area contributed by atoms with E-state index in [0.29, 0.717) is 0 Å². The molecule has 0 aliphatic heterocycles. The van der Waals surface area contributed by atoms with Gasteiger partial charge in [0.2, 0.25) is 0 Å². The summed E-state index contributed by atoms with van der Waals surface area (Å²) < 4.78 is 0. The molecule has 0 heterocycles. The Morgan fingerprint density at radius 3 is 2.56 bits per heavy atom. The molecule has 0 aromatic heterocycles. The molecule has 0 aliphatic carbocycles. The van der Waals surface area contributed by atoms with Gasteiger partial charge >= 0.3 is 0 Å². The first-order valence-corrected chi connectivity index (χ1v) is 3.86. The van der Waals surface area contributed by atoms with Gasteiger partial charge in [-0.15, -0.1) is 0 Å². The van der Waals surface area contributed by atoms with Crippen molar-refractivity contribution in [2.24, 2.45) is 0 Å². The first kappa shape index (κ1) is 8.74. The Morgan fingerprint density at radius 1 is 1.22 bits per heavy atom. The van der Waals surface area contributed by atoms with Gasteiger partial charge in [0.05, 0.1) is 0 Å². The van der Waals surface area contributed by atoms with E-state index in [1.807, 2.05) is 0 Å². The van der Waals surface area contributed by atoms with Gasteiger partial charge in [-0.25, -0.2) is 0 Å². The predicted octanol–water partition coefficient (Wildman–Crippen LogP) is 3.35. The molecule has 0 fully saturated rings. The smallest absolute Gasteiger partial charge is 0.0351 e. The van der Waals surface area contributed by atoms with E-state index in [-0.39, 0.29) is 0 Å². The zero-order valence-corrected chi connectivity index (χ0v) is 6.40. The van der Waals surface area contributed by atoms with Crippen molar-refractivity contribution in [2.45, 2.75) is 39.0 Å². The molecular formula is C9H17. The van der Waals surface area contributed by atoms with Crippen LogP contribution in [0.25, 0.3) is 0 Å². The Morgan fingerprint density at radius 2 is 2.00 bits per heavy atom. The first-order valence-electron chi connectivity index (χ1n) is 3.86. The third-order valence-electron chi connectivity index (χ3n) is 1.27. The number of allylic oxidation sites excluding steroid dienone is 2. The van der Waals surface area contributed by atoms with Crippen LogP contribution in [0.5, 0.6) is 0 Å². The van der Waals surface area contributed by atoms with Crippen LogP contribution in [0.2, 0.25) is 0 Å². The summed E-state index contributed by atoms with van der Waals surface area (Å²) in [5, 5.41) is 0. The highest BCUT2D eigenvalue weighted by Gasteiger charge is 1.79. The molecule has 0 saturated heterocycles. The van der Waals surface area contributed by atoms with Gasteiger partial charge < -0.3 is 0 Å². The van der Waals surface area contributed by atoms with E-state index < -0.39 is 0 Å². The van der Waals surface area contributed by atoms with Crippen molar-refractivity contribution in [2.75, 3.05) is 0 Å². The maximum Gasteiger partial charge on any atom is -0.0351 e. The molecule has 0 N–H and O–H groups in total. The monoisotopic (exact) mass is 125 g/mol. The fourth-order valence-electron chi connectivity index (χ4n) is 0.723. The number of unbranched alkanes of at least 4 members (excludes halogenated alkanes) is 3. The average molecular weight is 125 g/mol. The van der Waals surface area contributed by atoms with Crippen LogP contribution in [0.1, 0.15) is 39.0 Å². The Balaban J connectivity index is 2.82. The lowest BCUT2D eigenvalue weighted by atomic mass is 10.2. The minimum absolute atomic E-state index is 1.08. The molecule has 0 amide bonds. The largest absolute Gasteiger partial charge is 0.0888 e. The third kappa shape index (κ3) is 7.74. The van der Waals surface area contributed by atoms with E-state index in [1.54, 1.807) is 0 Å². The quantitative estimate of drug-likeness (QED) is 0.390. The first-order chi connectivity index (χ1) is 4.41. The molecule has 53 valence electrons. The molecule has 0 saturated carbocycles. The summed E-state index contributed by atoms with van der Waals surface area (Å²) in [5.74, 6) is 0. The summed E-state index contributed by atoms with van der Waals surface area (Å²) >= 11 is 0. The standard InChI is InChI=1S/C9H17/c1-3-5-7-9-8-6-4-2/h6,8H,1,3-5,7,9H2,2H3/b8-6+. The normalized spacial score (nSPS) is 10.9. The van der Waals surface area contributed by atoms with Crippen LogP contribution in [0.15, 0.2) is 12.2 Å². The van der Waals surface area contributed by atoms with Gasteiger partial charge in [0.25, 0.3) is 0 Å². The van der Waals surface area contributed by atoms with Crippen LogP contribution in [0, 0.1) is 6.92 Å². The topological polar surface area (TPSA) is 0 Å². The number of hydrogen-bond donors (Lipinski definition) is 0. The van der Waals surface area contributed by atoms with Crippen molar-refractivity contribution >= 4 is 0 Å². The van der Waals surface area contributed by atoms with Crippen LogP contribution in [-0.2, 0) is 0 Å². The fraction of sp³-hybridized carbons (Fsp3) is 0.667. The Hall–Kier alpha value is -0.260. The molecule has 0 rings (SSSR count). The lowest BCUT2D eigenvalue weighted by Crippen LogP contribution is -1.69. The van der Waals surface area contributed by atoms with E-state index in [0.717, 1.165) is 6.42 Å². The molecule has 9 heavy (non-hydrogen) atoms. The molecule has 0 aromatic rings. The van der Waals surface area contributed by atoms with Crippen molar-refractivity contribution in [3.63, 3.8) is 0 Å². The molecule has 0 unspecified atom stereocenters. The molecule has 0 spiro atoms. The van der Waals surface area contributed by atoms with Crippen molar-refractivity contribution in [3.8, 4) is 0 Å². The van der Waals surface area contributed by atoms with Crippen molar-refractivity contribution in [1.82, 2.24) is 0 Å². The predicted molar refractivity (Wildman–Crippen MR) is 43.3 cm³/mol. The second kappa shape index (κ2) is 7.74. The van der Waals surface area contributed by atoms with Crippen LogP contribution in [-0.4, -0.2) is 0 Å². The molecular weight excluding hydrogens is 108 g/mol. The number of hydrogen-bond acceptors (Lipinski definition) is 0. The highest BCUT2D eigenvalue weighted by molar-refractivity contribution is 4.79. The van der Waals surface area contributed by atoms with Crippen LogP contribution >= 0.6 is 0 Å². The van der Waals surface area contributed by atoms with Gasteiger partial charge in [-0.1, -0.05) is 38.8 Å². The van der Waals surface area contributed by atoms with E-state index in [9.17, 15) is 0 Å². The van der Waals surface area contributed by atoms with Gasteiger partial charge in [-0.2, -0.15) is 0 Å². The van der Waals surface area contributed by atoms with Crippen LogP contribution in [0.4, 0.5) is 0 Å². The highest BCUT2D eigenvalue weighted by atomic mass is 13.9. The van der Waals surface area contributed by atoms with E-state index >= 15 is 0 Å². The summed E-state index contributed by atoms with van der Waals surface area (Å²) in [4.78, 5) is 0. The highest BCUT2D eigenvalue weighted by Crippen LogP contribution is 1.99. The van der Waals surface area contributed by atoms with Gasteiger partial charge in [-0.05, 0) is 19.3 Å². The maximum atomic E-state index is 3.78. The SMILES string of the molecule is [CH2]CCCC/C=C/CC. The number of rotatable bonds is 5. The van der Waals surface area contributed by atoms with Crippen LogP contribution in [0.3, 0.4) is 0 Å². The van der Waals surface area contributed by atoms with Crippen LogP contribution < -0.4 is 0 Å². The van der Waals surface area contributed by atoms with Gasteiger partial charge in [0.1, 0.15) is 0 Å². The molecule has 0 atom stereocenters. The maximum absolute atomic E-state index is 3.78. The fourth-order valence-corrected chi connectivity index (χ4v) is 0.723. The minimum Gasteiger partial charge on any atom is -0.0888 e. The summed E-state index contributed by atoms with van der Waals surface area (Å²) in [6.07, 6.45) is 10.6. The Bertz CT molecular complexity index is 62.4. The molecule has 0 heteroatoms. The minimum atomic E-state index is 1.08. The summed E-state index contributed by atoms with van der Waals surface area (Å²) in [7, 11) is 0. The summed E-state index contributed by atoms with van der Waals surface area (Å²) in [6.45, 7) is 5.94. The van der Waals surface area contributed by atoms with E-state index in [1.165, 1.54) is 25.7 Å². The summed E-state index contributed by atoms with van der Waals surface area (Å²) in [5.41, 5.74) is 0. The van der Waals surface area contributed by atoms with Gasteiger partial charge in [0.15, 0.2) is 0 Å². The summed E-state index contributed by atoms with van der Waals surface area (Å²) in [6, 6.07) is 0. The Kier molecular flexibility index (Phi) is 7.52. The molecule has 0 nitrogen and oxygen atoms in total.